The molecule has 0 aliphatic carbocycles. The van der Waals surface area contributed by atoms with Crippen molar-refractivity contribution in [3.63, 3.8) is 0 Å². The molecule has 128 valence electrons. The summed E-state index contributed by atoms with van der Waals surface area (Å²) in [5.41, 5.74) is 2.58. The van der Waals surface area contributed by atoms with Crippen LogP contribution in [0.5, 0.6) is 11.5 Å². The van der Waals surface area contributed by atoms with Gasteiger partial charge in [0.1, 0.15) is 17.1 Å². The van der Waals surface area contributed by atoms with E-state index in [9.17, 15) is 10.2 Å². The van der Waals surface area contributed by atoms with Gasteiger partial charge in [-0.15, -0.1) is 10.2 Å². The van der Waals surface area contributed by atoms with Crippen LogP contribution in [0.3, 0.4) is 0 Å². The van der Waals surface area contributed by atoms with Gasteiger partial charge in [-0.3, -0.25) is 0 Å². The second-order valence-electron chi connectivity index (χ2n) is 6.21. The van der Waals surface area contributed by atoms with Crippen molar-refractivity contribution >= 4 is 0 Å². The Morgan fingerprint density at radius 1 is 1.00 bits per heavy atom. The fourth-order valence-electron chi connectivity index (χ4n) is 3.44. The van der Waals surface area contributed by atoms with E-state index in [1.54, 1.807) is 0 Å². The van der Waals surface area contributed by atoms with Crippen LogP contribution in [0, 0.1) is 0 Å². The van der Waals surface area contributed by atoms with Crippen LogP contribution >= 0.6 is 0 Å². The maximum Gasteiger partial charge on any atom is 0.212 e. The molecule has 0 unspecified atom stereocenters. The lowest BCUT2D eigenvalue weighted by molar-refractivity contribution is 0.419. The minimum atomic E-state index is -0.0391. The van der Waals surface area contributed by atoms with E-state index in [4.69, 9.17) is 0 Å². The zero-order chi connectivity index (χ0) is 17.2. The largest absolute Gasteiger partial charge is 0.507 e. The summed E-state index contributed by atoms with van der Waals surface area (Å²) in [6, 6.07) is 11.5. The molecule has 4 N–H and O–H groups in total. The number of phenolic OH excluding ortho intramolecular Hbond substituents is 2. The fraction of sp³-hybridized carbons (Fsp3) is 0.278. The Morgan fingerprint density at radius 3 is 2.44 bits per heavy atom. The molecule has 7 nitrogen and oxygen atoms in total. The summed E-state index contributed by atoms with van der Waals surface area (Å²) in [6.07, 6.45) is 1.86. The highest BCUT2D eigenvalue weighted by atomic mass is 16.3. The van der Waals surface area contributed by atoms with E-state index in [0.29, 0.717) is 5.56 Å². The van der Waals surface area contributed by atoms with Gasteiger partial charge in [-0.25, -0.2) is 0 Å². The van der Waals surface area contributed by atoms with Crippen molar-refractivity contribution in [2.24, 2.45) is 0 Å². The summed E-state index contributed by atoms with van der Waals surface area (Å²) >= 11 is 0. The normalized spacial score (nSPS) is 15.4. The molecule has 2 heterocycles. The molecule has 0 radical (unpaired) electrons. The quantitative estimate of drug-likeness (QED) is 0.585. The molecule has 0 spiro atoms. The topological polar surface area (TPSA) is 107 Å². The number of phenols is 2. The van der Waals surface area contributed by atoms with E-state index < -0.39 is 0 Å². The lowest BCUT2D eigenvalue weighted by Crippen LogP contribution is -2.26. The molecular formula is C18H19N5O2. The maximum atomic E-state index is 10.9. The van der Waals surface area contributed by atoms with Gasteiger partial charge in [0.15, 0.2) is 0 Å². The molecule has 0 saturated carbocycles. The molecule has 3 aromatic rings. The van der Waals surface area contributed by atoms with Crippen LogP contribution in [0.2, 0.25) is 0 Å². The first-order chi connectivity index (χ1) is 12.3. The third-order valence-electron chi connectivity index (χ3n) is 4.73. The average molecular weight is 337 g/mol. The maximum absolute atomic E-state index is 10.9. The predicted octanol–water partition coefficient (Wildman–Crippen LogP) is 2.41. The van der Waals surface area contributed by atoms with Crippen molar-refractivity contribution in [1.29, 1.82) is 0 Å². The van der Waals surface area contributed by atoms with E-state index in [-0.39, 0.29) is 28.8 Å². The van der Waals surface area contributed by atoms with Crippen molar-refractivity contribution in [2.45, 2.75) is 18.8 Å². The van der Waals surface area contributed by atoms with Gasteiger partial charge in [-0.1, -0.05) is 30.3 Å². The Hall–Kier alpha value is -2.93. The summed E-state index contributed by atoms with van der Waals surface area (Å²) in [5.74, 6) is 0.395. The number of aromatic hydroxyl groups is 2. The van der Waals surface area contributed by atoms with Crippen LogP contribution in [0.1, 0.15) is 24.3 Å². The van der Waals surface area contributed by atoms with Gasteiger partial charge in [0.2, 0.25) is 5.82 Å². The molecular weight excluding hydrogens is 318 g/mol. The molecule has 1 aliphatic rings. The summed E-state index contributed by atoms with van der Waals surface area (Å²) in [6.45, 7) is 1.81. The number of benzene rings is 2. The first-order valence-electron chi connectivity index (χ1n) is 8.34. The van der Waals surface area contributed by atoms with E-state index in [1.807, 2.05) is 36.4 Å². The van der Waals surface area contributed by atoms with Crippen LogP contribution in [-0.2, 0) is 0 Å². The second-order valence-corrected chi connectivity index (χ2v) is 6.21. The first kappa shape index (κ1) is 15.6. The van der Waals surface area contributed by atoms with Crippen molar-refractivity contribution in [3.8, 4) is 34.0 Å². The molecule has 0 amide bonds. The lowest BCUT2D eigenvalue weighted by atomic mass is 9.85. The molecule has 1 fully saturated rings. The molecule has 2 aromatic carbocycles. The van der Waals surface area contributed by atoms with Gasteiger partial charge in [-0.2, -0.15) is 5.21 Å². The minimum absolute atomic E-state index is 0.0329. The number of piperidine rings is 1. The Balaban J connectivity index is 1.94. The number of tetrazole rings is 1. The van der Waals surface area contributed by atoms with Crippen LogP contribution in [0.4, 0.5) is 0 Å². The molecule has 1 aliphatic heterocycles. The van der Waals surface area contributed by atoms with Crippen molar-refractivity contribution in [2.75, 3.05) is 13.1 Å². The Morgan fingerprint density at radius 2 is 1.76 bits per heavy atom. The second kappa shape index (κ2) is 6.52. The number of nitrogens with zero attached hydrogens (tertiary/aromatic N) is 3. The summed E-state index contributed by atoms with van der Waals surface area (Å²) in [4.78, 5) is 0. The Kier molecular flexibility index (Phi) is 4.07. The van der Waals surface area contributed by atoms with E-state index in [1.165, 1.54) is 0 Å². The number of hydrogen-bond donors (Lipinski definition) is 4. The zero-order valence-corrected chi connectivity index (χ0v) is 13.6. The monoisotopic (exact) mass is 337 g/mol. The van der Waals surface area contributed by atoms with E-state index in [2.05, 4.69) is 25.9 Å². The van der Waals surface area contributed by atoms with Gasteiger partial charge in [0.25, 0.3) is 0 Å². The molecule has 25 heavy (non-hydrogen) atoms. The van der Waals surface area contributed by atoms with Crippen molar-refractivity contribution in [3.05, 3.63) is 42.0 Å². The van der Waals surface area contributed by atoms with E-state index >= 15 is 0 Å². The number of rotatable bonds is 3. The zero-order valence-electron chi connectivity index (χ0n) is 13.6. The number of aromatic nitrogens is 4. The molecule has 4 rings (SSSR count). The van der Waals surface area contributed by atoms with Crippen LogP contribution in [-0.4, -0.2) is 43.9 Å². The summed E-state index contributed by atoms with van der Waals surface area (Å²) in [7, 11) is 0. The molecule has 1 aromatic heterocycles. The van der Waals surface area contributed by atoms with Gasteiger partial charge >= 0.3 is 0 Å². The fourth-order valence-corrected chi connectivity index (χ4v) is 3.44. The van der Waals surface area contributed by atoms with Crippen LogP contribution < -0.4 is 5.32 Å². The van der Waals surface area contributed by atoms with Gasteiger partial charge in [0.05, 0.1) is 0 Å². The lowest BCUT2D eigenvalue weighted by Gasteiger charge is -2.25. The van der Waals surface area contributed by atoms with Crippen LogP contribution in [0.25, 0.3) is 22.5 Å². The number of aromatic amines is 1. The smallest absolute Gasteiger partial charge is 0.212 e. The highest BCUT2D eigenvalue weighted by Gasteiger charge is 2.27. The molecule has 0 bridgehead atoms. The highest BCUT2D eigenvalue weighted by molar-refractivity contribution is 5.85. The van der Waals surface area contributed by atoms with Gasteiger partial charge in [-0.05, 0) is 54.3 Å². The van der Waals surface area contributed by atoms with Crippen molar-refractivity contribution < 1.29 is 10.2 Å². The third-order valence-corrected chi connectivity index (χ3v) is 4.73. The van der Waals surface area contributed by atoms with Crippen LogP contribution in [0.15, 0.2) is 36.4 Å². The number of nitrogens with one attached hydrogen (secondary N) is 2. The highest BCUT2D eigenvalue weighted by Crippen LogP contribution is 2.47. The number of H-pyrrole nitrogens is 1. The summed E-state index contributed by atoms with van der Waals surface area (Å²) in [5, 5.41) is 38.9. The average Bonchev–Trinajstić information content (AvgIpc) is 3.18. The number of hydrogen-bond acceptors (Lipinski definition) is 6. The predicted molar refractivity (Wildman–Crippen MR) is 93.2 cm³/mol. The van der Waals surface area contributed by atoms with E-state index in [0.717, 1.165) is 37.1 Å². The molecule has 7 heteroatoms. The summed E-state index contributed by atoms with van der Waals surface area (Å²) < 4.78 is 0. The molecule has 1 saturated heterocycles. The Bertz CT molecular complexity index is 859. The van der Waals surface area contributed by atoms with Gasteiger partial charge < -0.3 is 15.5 Å². The third kappa shape index (κ3) is 2.83. The minimum Gasteiger partial charge on any atom is -0.507 e. The standard InChI is InChI=1S/C18H19N5O2/c24-16-13(11-4-2-1-3-5-11)10-14(12-6-8-19-9-7-12)17(25)15(16)18-20-22-23-21-18/h1-5,10,12,19,24-25H,6-9H2,(H,20,21,22,23). The van der Waals surface area contributed by atoms with Gasteiger partial charge in [0, 0.05) is 5.56 Å². The SMILES string of the molecule is Oc1c(-c2ccccc2)cc(C2CCNCC2)c(O)c1-c1nn[nH]n1. The van der Waals surface area contributed by atoms with Crippen molar-refractivity contribution in [1.82, 2.24) is 25.9 Å². The Labute approximate surface area is 144 Å². The first-order valence-corrected chi connectivity index (χ1v) is 8.34. The molecule has 0 atom stereocenters.